The molecule has 0 saturated heterocycles. The summed E-state index contributed by atoms with van der Waals surface area (Å²) in [5.74, 6) is -0.519. The minimum absolute atomic E-state index is 0.0199. The molecule has 1 aromatic heterocycles. The van der Waals surface area contributed by atoms with Crippen LogP contribution in [-0.4, -0.2) is 25.2 Å². The SMILES string of the molecule is CC(=O)Nc1cccc(NC(=O)Cc2csc(NS(=O)(=O)c3ccccc3)n2)c1. The Kier molecular flexibility index (Phi) is 6.25. The second-order valence-electron chi connectivity index (χ2n) is 6.05. The number of anilines is 3. The molecule has 3 aromatic rings. The zero-order valence-corrected chi connectivity index (χ0v) is 17.0. The van der Waals surface area contributed by atoms with Gasteiger partial charge in [-0.1, -0.05) is 24.3 Å². The number of hydrogen-bond acceptors (Lipinski definition) is 6. The van der Waals surface area contributed by atoms with Crippen LogP contribution in [-0.2, 0) is 26.0 Å². The highest BCUT2D eigenvalue weighted by molar-refractivity contribution is 7.93. The van der Waals surface area contributed by atoms with Gasteiger partial charge >= 0.3 is 0 Å². The Hall–Kier alpha value is -3.24. The number of carbonyl (C=O) groups excluding carboxylic acids is 2. The van der Waals surface area contributed by atoms with Gasteiger partial charge < -0.3 is 10.6 Å². The quantitative estimate of drug-likeness (QED) is 0.532. The molecule has 1 heterocycles. The van der Waals surface area contributed by atoms with E-state index in [4.69, 9.17) is 0 Å². The van der Waals surface area contributed by atoms with Crippen LogP contribution in [0.3, 0.4) is 0 Å². The van der Waals surface area contributed by atoms with E-state index in [1.54, 1.807) is 47.8 Å². The first-order valence-corrected chi connectivity index (χ1v) is 10.9. The molecule has 29 heavy (non-hydrogen) atoms. The summed E-state index contributed by atoms with van der Waals surface area (Å²) in [5.41, 5.74) is 1.54. The van der Waals surface area contributed by atoms with E-state index in [9.17, 15) is 18.0 Å². The van der Waals surface area contributed by atoms with Crippen LogP contribution in [0.15, 0.2) is 64.9 Å². The van der Waals surface area contributed by atoms with Crippen molar-refractivity contribution >= 4 is 49.7 Å². The highest BCUT2D eigenvalue weighted by atomic mass is 32.2. The predicted molar refractivity (Wildman–Crippen MR) is 112 cm³/mol. The zero-order valence-electron chi connectivity index (χ0n) is 15.4. The molecule has 150 valence electrons. The molecule has 0 radical (unpaired) electrons. The molecule has 2 aromatic carbocycles. The third kappa shape index (κ3) is 5.87. The second-order valence-corrected chi connectivity index (χ2v) is 8.59. The highest BCUT2D eigenvalue weighted by Crippen LogP contribution is 2.21. The fraction of sp³-hybridized carbons (Fsp3) is 0.105. The summed E-state index contributed by atoms with van der Waals surface area (Å²) < 4.78 is 27.1. The largest absolute Gasteiger partial charge is 0.326 e. The molecule has 0 spiro atoms. The van der Waals surface area contributed by atoms with Crippen molar-refractivity contribution in [1.29, 1.82) is 0 Å². The van der Waals surface area contributed by atoms with Crippen molar-refractivity contribution in [2.75, 3.05) is 15.4 Å². The Morgan fingerprint density at radius 3 is 2.38 bits per heavy atom. The first-order chi connectivity index (χ1) is 13.8. The molecule has 0 fully saturated rings. The smallest absolute Gasteiger partial charge is 0.263 e. The van der Waals surface area contributed by atoms with Crippen LogP contribution in [0.4, 0.5) is 16.5 Å². The Morgan fingerprint density at radius 2 is 1.69 bits per heavy atom. The number of thiazole rings is 1. The van der Waals surface area contributed by atoms with E-state index in [1.165, 1.54) is 19.1 Å². The van der Waals surface area contributed by atoms with Crippen LogP contribution in [0, 0.1) is 0 Å². The van der Waals surface area contributed by atoms with E-state index >= 15 is 0 Å². The average Bonchev–Trinajstić information content (AvgIpc) is 3.08. The van der Waals surface area contributed by atoms with Crippen molar-refractivity contribution in [2.45, 2.75) is 18.2 Å². The molecule has 3 rings (SSSR count). The molecule has 8 nitrogen and oxygen atoms in total. The van der Waals surface area contributed by atoms with Crippen molar-refractivity contribution in [1.82, 2.24) is 4.98 Å². The third-order valence-corrected chi connectivity index (χ3v) is 5.93. The van der Waals surface area contributed by atoms with Crippen LogP contribution in [0.25, 0.3) is 0 Å². The Balaban J connectivity index is 1.61. The van der Waals surface area contributed by atoms with Crippen molar-refractivity contribution < 1.29 is 18.0 Å². The van der Waals surface area contributed by atoms with Crippen LogP contribution in [0.5, 0.6) is 0 Å². The van der Waals surface area contributed by atoms with Crippen LogP contribution in [0.2, 0.25) is 0 Å². The van der Waals surface area contributed by atoms with Crippen LogP contribution in [0.1, 0.15) is 12.6 Å². The van der Waals surface area contributed by atoms with Crippen molar-refractivity contribution in [3.63, 3.8) is 0 Å². The maximum Gasteiger partial charge on any atom is 0.263 e. The number of benzene rings is 2. The molecule has 2 amide bonds. The average molecular weight is 431 g/mol. The standard InChI is InChI=1S/C19H18N4O4S2/c1-13(24)20-14-6-5-7-15(10-14)21-18(25)11-16-12-28-19(22-16)23-29(26,27)17-8-3-2-4-9-17/h2-10,12H,11H2,1H3,(H,20,24)(H,21,25)(H,22,23). The minimum atomic E-state index is -3.73. The van der Waals surface area contributed by atoms with Gasteiger partial charge in [0.15, 0.2) is 5.13 Å². The van der Waals surface area contributed by atoms with Crippen molar-refractivity contribution in [3.8, 4) is 0 Å². The maximum atomic E-state index is 12.3. The van der Waals surface area contributed by atoms with E-state index in [-0.39, 0.29) is 28.3 Å². The van der Waals surface area contributed by atoms with Gasteiger partial charge in [-0.15, -0.1) is 11.3 Å². The molecule has 3 N–H and O–H groups in total. The van der Waals surface area contributed by atoms with E-state index in [0.717, 1.165) is 11.3 Å². The van der Waals surface area contributed by atoms with E-state index in [2.05, 4.69) is 20.3 Å². The maximum absolute atomic E-state index is 12.3. The number of nitrogens with one attached hydrogen (secondary N) is 3. The fourth-order valence-electron chi connectivity index (χ4n) is 2.46. The minimum Gasteiger partial charge on any atom is -0.326 e. The topological polar surface area (TPSA) is 117 Å². The highest BCUT2D eigenvalue weighted by Gasteiger charge is 2.16. The molecule has 0 aliphatic rings. The summed E-state index contributed by atoms with van der Waals surface area (Å²) in [4.78, 5) is 27.7. The lowest BCUT2D eigenvalue weighted by atomic mass is 10.2. The predicted octanol–water partition coefficient (Wildman–Crippen LogP) is 3.08. The molecule has 0 bridgehead atoms. The van der Waals surface area contributed by atoms with Crippen LogP contribution >= 0.6 is 11.3 Å². The van der Waals surface area contributed by atoms with Crippen molar-refractivity contribution in [3.05, 3.63) is 65.7 Å². The van der Waals surface area contributed by atoms with Gasteiger partial charge in [-0.25, -0.2) is 13.4 Å². The van der Waals surface area contributed by atoms with Gasteiger partial charge in [-0.05, 0) is 30.3 Å². The fourth-order valence-corrected chi connectivity index (χ4v) is 4.44. The molecule has 0 atom stereocenters. The number of aromatic nitrogens is 1. The van der Waals surface area contributed by atoms with Crippen LogP contribution < -0.4 is 15.4 Å². The second kappa shape index (κ2) is 8.84. The molecule has 0 aliphatic carbocycles. The molecular weight excluding hydrogens is 412 g/mol. The lowest BCUT2D eigenvalue weighted by Gasteiger charge is -2.07. The van der Waals surface area contributed by atoms with E-state index < -0.39 is 10.0 Å². The zero-order chi connectivity index (χ0) is 20.9. The lowest BCUT2D eigenvalue weighted by Crippen LogP contribution is -2.15. The van der Waals surface area contributed by atoms with Gasteiger partial charge in [0, 0.05) is 23.7 Å². The summed E-state index contributed by atoms with van der Waals surface area (Å²) in [5, 5.41) is 7.17. The molecule has 0 unspecified atom stereocenters. The monoisotopic (exact) mass is 430 g/mol. The number of hydrogen-bond donors (Lipinski definition) is 3. The number of rotatable bonds is 7. The molecule has 10 heteroatoms. The van der Waals surface area contributed by atoms with Gasteiger partial charge in [0.05, 0.1) is 17.0 Å². The molecule has 0 aliphatic heterocycles. The first-order valence-electron chi connectivity index (χ1n) is 8.51. The number of amides is 2. The molecular formula is C19H18N4O4S2. The summed E-state index contributed by atoms with van der Waals surface area (Å²) >= 11 is 1.10. The van der Waals surface area contributed by atoms with Gasteiger partial charge in [0.25, 0.3) is 10.0 Å². The van der Waals surface area contributed by atoms with Gasteiger partial charge in [-0.2, -0.15) is 0 Å². The number of nitrogens with zero attached hydrogens (tertiary/aromatic N) is 1. The lowest BCUT2D eigenvalue weighted by molar-refractivity contribution is -0.116. The first kappa shape index (κ1) is 20.5. The van der Waals surface area contributed by atoms with E-state index in [0.29, 0.717) is 17.1 Å². The number of carbonyl (C=O) groups is 2. The molecule has 0 saturated carbocycles. The van der Waals surface area contributed by atoms with Gasteiger partial charge in [-0.3, -0.25) is 14.3 Å². The Bertz CT molecular complexity index is 1130. The van der Waals surface area contributed by atoms with Crippen molar-refractivity contribution in [2.24, 2.45) is 0 Å². The summed E-state index contributed by atoms with van der Waals surface area (Å²) in [6.45, 7) is 1.40. The van der Waals surface area contributed by atoms with Gasteiger partial charge in [0.1, 0.15) is 0 Å². The third-order valence-electron chi connectivity index (χ3n) is 3.64. The Morgan fingerprint density at radius 1 is 1.00 bits per heavy atom. The Labute approximate surface area is 172 Å². The summed E-state index contributed by atoms with van der Waals surface area (Å²) in [6, 6.07) is 14.7. The van der Waals surface area contributed by atoms with E-state index in [1.807, 2.05) is 0 Å². The summed E-state index contributed by atoms with van der Waals surface area (Å²) in [7, 11) is -3.73. The van der Waals surface area contributed by atoms with Gasteiger partial charge in [0.2, 0.25) is 11.8 Å². The summed E-state index contributed by atoms with van der Waals surface area (Å²) in [6.07, 6.45) is -0.0199. The number of sulfonamides is 1. The normalized spacial score (nSPS) is 10.9.